The molecule has 1 aliphatic carbocycles. The van der Waals surface area contributed by atoms with Crippen LogP contribution in [0.4, 0.5) is 0 Å². The molecule has 1 fully saturated rings. The fourth-order valence-electron chi connectivity index (χ4n) is 2.58. The summed E-state index contributed by atoms with van der Waals surface area (Å²) in [5.74, 6) is 1.33. The first-order chi connectivity index (χ1) is 7.22. The Morgan fingerprint density at radius 1 is 1.33 bits per heavy atom. The van der Waals surface area contributed by atoms with Crippen LogP contribution in [0.25, 0.3) is 0 Å². The van der Waals surface area contributed by atoms with E-state index in [2.05, 4.69) is 6.92 Å². The van der Waals surface area contributed by atoms with Gasteiger partial charge in [0.25, 0.3) is 0 Å². The molecule has 0 spiro atoms. The van der Waals surface area contributed by atoms with Crippen LogP contribution < -0.4 is 0 Å². The molecule has 1 aliphatic rings. The van der Waals surface area contributed by atoms with E-state index in [1.54, 1.807) is 0 Å². The van der Waals surface area contributed by atoms with Crippen LogP contribution in [0.3, 0.4) is 0 Å². The SMILES string of the molecule is CCOC(=O)C[C@H](C)CC1CCCCC1. The summed E-state index contributed by atoms with van der Waals surface area (Å²) >= 11 is 0. The lowest BCUT2D eigenvalue weighted by Gasteiger charge is -2.24. The third kappa shape index (κ3) is 5.19. The lowest BCUT2D eigenvalue weighted by molar-refractivity contribution is -0.144. The highest BCUT2D eigenvalue weighted by molar-refractivity contribution is 5.69. The molecule has 2 nitrogen and oxygen atoms in total. The lowest BCUT2D eigenvalue weighted by Crippen LogP contribution is -2.14. The molecule has 0 bridgehead atoms. The van der Waals surface area contributed by atoms with Gasteiger partial charge < -0.3 is 4.74 Å². The Morgan fingerprint density at radius 3 is 2.60 bits per heavy atom. The molecular formula is C13H24O2. The van der Waals surface area contributed by atoms with Gasteiger partial charge in [-0.3, -0.25) is 4.79 Å². The minimum absolute atomic E-state index is 0.0270. The highest BCUT2D eigenvalue weighted by Gasteiger charge is 2.18. The van der Waals surface area contributed by atoms with Crippen molar-refractivity contribution in [3.63, 3.8) is 0 Å². The van der Waals surface area contributed by atoms with Crippen LogP contribution in [0.5, 0.6) is 0 Å². The summed E-state index contributed by atoms with van der Waals surface area (Å²) in [6.45, 7) is 4.55. The molecule has 0 aromatic carbocycles. The Kier molecular flexibility index (Phi) is 5.74. The van der Waals surface area contributed by atoms with E-state index in [-0.39, 0.29) is 5.97 Å². The molecule has 0 aromatic heterocycles. The molecule has 1 atom stereocenters. The van der Waals surface area contributed by atoms with Crippen molar-refractivity contribution in [2.75, 3.05) is 6.61 Å². The molecule has 1 saturated carbocycles. The molecule has 1 rings (SSSR count). The summed E-state index contributed by atoms with van der Waals surface area (Å²) in [5, 5.41) is 0. The van der Waals surface area contributed by atoms with E-state index in [1.165, 1.54) is 38.5 Å². The van der Waals surface area contributed by atoms with Crippen molar-refractivity contribution in [1.29, 1.82) is 0 Å². The fourth-order valence-corrected chi connectivity index (χ4v) is 2.58. The Labute approximate surface area is 93.4 Å². The van der Waals surface area contributed by atoms with Crippen LogP contribution >= 0.6 is 0 Å². The van der Waals surface area contributed by atoms with Gasteiger partial charge >= 0.3 is 5.97 Å². The van der Waals surface area contributed by atoms with Gasteiger partial charge in [0.1, 0.15) is 0 Å². The van der Waals surface area contributed by atoms with Gasteiger partial charge in [-0.05, 0) is 25.2 Å². The summed E-state index contributed by atoms with van der Waals surface area (Å²) in [6, 6.07) is 0. The largest absolute Gasteiger partial charge is 0.466 e. The smallest absolute Gasteiger partial charge is 0.306 e. The maximum absolute atomic E-state index is 11.3. The number of rotatable bonds is 5. The standard InChI is InChI=1S/C13H24O2/c1-3-15-13(14)10-11(2)9-12-7-5-4-6-8-12/h11-12H,3-10H2,1-2H3/t11-/m1/s1. The highest BCUT2D eigenvalue weighted by Crippen LogP contribution is 2.29. The van der Waals surface area contributed by atoms with Crippen molar-refractivity contribution in [1.82, 2.24) is 0 Å². The van der Waals surface area contributed by atoms with Gasteiger partial charge in [0.05, 0.1) is 6.61 Å². The molecule has 0 amide bonds. The Bertz CT molecular complexity index is 183. The minimum Gasteiger partial charge on any atom is -0.466 e. The van der Waals surface area contributed by atoms with Gasteiger partial charge in [0.2, 0.25) is 0 Å². The quantitative estimate of drug-likeness (QED) is 0.651. The third-order valence-corrected chi connectivity index (χ3v) is 3.28. The van der Waals surface area contributed by atoms with Crippen LogP contribution in [0.15, 0.2) is 0 Å². The van der Waals surface area contributed by atoms with Gasteiger partial charge in [0, 0.05) is 6.42 Å². The van der Waals surface area contributed by atoms with Gasteiger partial charge in [-0.25, -0.2) is 0 Å². The molecule has 0 aliphatic heterocycles. The first-order valence-electron chi connectivity index (χ1n) is 6.38. The molecule has 0 N–H and O–H groups in total. The van der Waals surface area contributed by atoms with Crippen molar-refractivity contribution < 1.29 is 9.53 Å². The highest BCUT2D eigenvalue weighted by atomic mass is 16.5. The maximum atomic E-state index is 11.3. The third-order valence-electron chi connectivity index (χ3n) is 3.28. The molecule has 0 heterocycles. The zero-order valence-electron chi connectivity index (χ0n) is 10.1. The zero-order chi connectivity index (χ0) is 11.1. The van der Waals surface area contributed by atoms with E-state index in [9.17, 15) is 4.79 Å². The van der Waals surface area contributed by atoms with E-state index in [1.807, 2.05) is 6.92 Å². The minimum atomic E-state index is -0.0270. The number of carbonyl (C=O) groups excluding carboxylic acids is 1. The van der Waals surface area contributed by atoms with Gasteiger partial charge in [-0.15, -0.1) is 0 Å². The predicted octanol–water partition coefficient (Wildman–Crippen LogP) is 3.55. The van der Waals surface area contributed by atoms with Crippen molar-refractivity contribution in [2.45, 2.75) is 58.8 Å². The van der Waals surface area contributed by atoms with Crippen LogP contribution in [-0.2, 0) is 9.53 Å². The maximum Gasteiger partial charge on any atom is 0.306 e. The van der Waals surface area contributed by atoms with Crippen LogP contribution in [-0.4, -0.2) is 12.6 Å². The topological polar surface area (TPSA) is 26.3 Å². The summed E-state index contributed by atoms with van der Waals surface area (Å²) < 4.78 is 4.96. The van der Waals surface area contributed by atoms with Gasteiger partial charge in [-0.2, -0.15) is 0 Å². The second kappa shape index (κ2) is 6.86. The number of hydrogen-bond donors (Lipinski definition) is 0. The molecule has 0 unspecified atom stereocenters. The second-order valence-electron chi connectivity index (χ2n) is 4.85. The summed E-state index contributed by atoms with van der Waals surface area (Å²) in [4.78, 5) is 11.3. The van der Waals surface area contributed by atoms with E-state index in [0.717, 1.165) is 5.92 Å². The Hall–Kier alpha value is -0.530. The molecule has 0 saturated heterocycles. The molecule has 88 valence electrons. The summed E-state index contributed by atoms with van der Waals surface area (Å²) in [6.07, 6.45) is 8.72. The van der Waals surface area contributed by atoms with Crippen LogP contribution in [0.2, 0.25) is 0 Å². The summed E-state index contributed by atoms with van der Waals surface area (Å²) in [5.41, 5.74) is 0. The number of ether oxygens (including phenoxy) is 1. The normalized spacial score (nSPS) is 19.9. The van der Waals surface area contributed by atoms with Crippen molar-refractivity contribution in [2.24, 2.45) is 11.8 Å². The lowest BCUT2D eigenvalue weighted by atomic mass is 9.82. The first kappa shape index (κ1) is 12.5. The molecule has 15 heavy (non-hydrogen) atoms. The number of carbonyl (C=O) groups is 1. The molecular weight excluding hydrogens is 188 g/mol. The monoisotopic (exact) mass is 212 g/mol. The molecule has 0 aromatic rings. The van der Waals surface area contributed by atoms with Crippen molar-refractivity contribution in [3.05, 3.63) is 0 Å². The molecule has 2 heteroatoms. The van der Waals surface area contributed by atoms with Crippen molar-refractivity contribution >= 4 is 5.97 Å². The average molecular weight is 212 g/mol. The van der Waals surface area contributed by atoms with Crippen molar-refractivity contribution in [3.8, 4) is 0 Å². The number of esters is 1. The molecule has 0 radical (unpaired) electrons. The van der Waals surface area contributed by atoms with E-state index < -0.39 is 0 Å². The van der Waals surface area contributed by atoms with E-state index in [4.69, 9.17) is 4.74 Å². The van der Waals surface area contributed by atoms with Gasteiger partial charge in [-0.1, -0.05) is 39.0 Å². The van der Waals surface area contributed by atoms with E-state index in [0.29, 0.717) is 18.9 Å². The van der Waals surface area contributed by atoms with Crippen LogP contribution in [0, 0.1) is 11.8 Å². The van der Waals surface area contributed by atoms with Crippen LogP contribution in [0.1, 0.15) is 58.8 Å². The average Bonchev–Trinajstić information content (AvgIpc) is 2.19. The second-order valence-corrected chi connectivity index (χ2v) is 4.85. The van der Waals surface area contributed by atoms with E-state index >= 15 is 0 Å². The van der Waals surface area contributed by atoms with Gasteiger partial charge in [0.15, 0.2) is 0 Å². The fraction of sp³-hybridized carbons (Fsp3) is 0.923. The first-order valence-corrected chi connectivity index (χ1v) is 6.38. The Morgan fingerprint density at radius 2 is 2.00 bits per heavy atom. The Balaban J connectivity index is 2.16. The summed E-state index contributed by atoms with van der Waals surface area (Å²) in [7, 11) is 0. The predicted molar refractivity (Wildman–Crippen MR) is 61.6 cm³/mol. The number of hydrogen-bond acceptors (Lipinski definition) is 2. The zero-order valence-corrected chi connectivity index (χ0v) is 10.1.